The third kappa shape index (κ3) is 3.57. The number of carbonyl (C=O) groups is 1. The summed E-state index contributed by atoms with van der Waals surface area (Å²) in [5.41, 5.74) is 0.760. The van der Waals surface area contributed by atoms with Gasteiger partial charge in [0.1, 0.15) is 4.88 Å². The van der Waals surface area contributed by atoms with Crippen LogP contribution in [0, 0.1) is 6.92 Å². The lowest BCUT2D eigenvalue weighted by Crippen LogP contribution is -2.03. The molecular formula is C11H17NO3S. The monoisotopic (exact) mass is 243 g/mol. The van der Waals surface area contributed by atoms with Crippen LogP contribution in [0.25, 0.3) is 0 Å². The van der Waals surface area contributed by atoms with E-state index in [2.05, 4.69) is 4.98 Å². The molecule has 1 heterocycles. The van der Waals surface area contributed by atoms with Gasteiger partial charge in [-0.3, -0.25) is 0 Å². The van der Waals surface area contributed by atoms with Gasteiger partial charge in [0.05, 0.1) is 17.3 Å². The Labute approximate surface area is 99.6 Å². The summed E-state index contributed by atoms with van der Waals surface area (Å²) in [5, 5.41) is 0.970. The number of thiazole rings is 1. The van der Waals surface area contributed by atoms with Crippen molar-refractivity contribution in [2.75, 3.05) is 20.3 Å². The molecule has 16 heavy (non-hydrogen) atoms. The number of hydrogen-bond donors (Lipinski definition) is 0. The van der Waals surface area contributed by atoms with E-state index in [9.17, 15) is 4.79 Å². The van der Waals surface area contributed by atoms with Crippen molar-refractivity contribution in [1.82, 2.24) is 4.98 Å². The van der Waals surface area contributed by atoms with Gasteiger partial charge in [-0.1, -0.05) is 0 Å². The first-order chi connectivity index (χ1) is 7.69. The molecule has 90 valence electrons. The van der Waals surface area contributed by atoms with Gasteiger partial charge in [-0.25, -0.2) is 9.78 Å². The van der Waals surface area contributed by atoms with Crippen molar-refractivity contribution < 1.29 is 14.3 Å². The minimum atomic E-state index is -0.268. The maximum absolute atomic E-state index is 11.5. The molecule has 0 aromatic carbocycles. The molecule has 0 saturated carbocycles. The fraction of sp³-hybridized carbons (Fsp3) is 0.636. The van der Waals surface area contributed by atoms with Crippen LogP contribution in [-0.4, -0.2) is 31.3 Å². The number of ether oxygens (including phenoxy) is 2. The molecule has 0 N–H and O–H groups in total. The number of aryl methyl sites for hydroxylation is 2. The van der Waals surface area contributed by atoms with Gasteiger partial charge < -0.3 is 9.47 Å². The molecule has 5 heteroatoms. The topological polar surface area (TPSA) is 48.4 Å². The Hall–Kier alpha value is -0.940. The molecule has 0 atom stereocenters. The summed E-state index contributed by atoms with van der Waals surface area (Å²) in [6, 6.07) is 0. The van der Waals surface area contributed by atoms with Gasteiger partial charge in [0.2, 0.25) is 0 Å². The summed E-state index contributed by atoms with van der Waals surface area (Å²) in [5.74, 6) is -0.268. The fourth-order valence-corrected chi connectivity index (χ4v) is 2.31. The summed E-state index contributed by atoms with van der Waals surface area (Å²) in [6.45, 7) is 4.75. The molecular weight excluding hydrogens is 226 g/mol. The minimum Gasteiger partial charge on any atom is -0.462 e. The van der Waals surface area contributed by atoms with Crippen LogP contribution in [0.4, 0.5) is 0 Å². The van der Waals surface area contributed by atoms with Crippen molar-refractivity contribution >= 4 is 17.3 Å². The lowest BCUT2D eigenvalue weighted by molar-refractivity contribution is 0.0531. The number of hydrogen-bond acceptors (Lipinski definition) is 5. The van der Waals surface area contributed by atoms with E-state index in [0.717, 1.165) is 23.5 Å². The number of carbonyl (C=O) groups excluding carboxylic acids is 1. The van der Waals surface area contributed by atoms with Crippen molar-refractivity contribution in [2.24, 2.45) is 0 Å². The van der Waals surface area contributed by atoms with Crippen LogP contribution in [-0.2, 0) is 15.9 Å². The summed E-state index contributed by atoms with van der Waals surface area (Å²) in [7, 11) is 1.68. The smallest absolute Gasteiger partial charge is 0.350 e. The molecule has 1 rings (SSSR count). The zero-order valence-corrected chi connectivity index (χ0v) is 10.7. The highest BCUT2D eigenvalue weighted by Gasteiger charge is 2.15. The molecule has 1 aromatic rings. The Kier molecular flexibility index (Phi) is 5.42. The average molecular weight is 243 g/mol. The van der Waals surface area contributed by atoms with Crippen molar-refractivity contribution in [3.05, 3.63) is 15.6 Å². The van der Waals surface area contributed by atoms with E-state index in [1.165, 1.54) is 11.3 Å². The highest BCUT2D eigenvalue weighted by Crippen LogP contribution is 2.20. The molecule has 0 aliphatic carbocycles. The normalized spacial score (nSPS) is 10.4. The Morgan fingerprint density at radius 3 is 2.88 bits per heavy atom. The van der Waals surface area contributed by atoms with Crippen LogP contribution >= 0.6 is 11.3 Å². The summed E-state index contributed by atoms with van der Waals surface area (Å²) >= 11 is 1.42. The molecule has 0 amide bonds. The van der Waals surface area contributed by atoms with E-state index in [4.69, 9.17) is 9.47 Å². The fourth-order valence-electron chi connectivity index (χ4n) is 1.31. The first-order valence-electron chi connectivity index (χ1n) is 5.31. The van der Waals surface area contributed by atoms with Crippen LogP contribution in [0.15, 0.2) is 0 Å². The number of aromatic nitrogens is 1. The van der Waals surface area contributed by atoms with Gasteiger partial charge in [-0.2, -0.15) is 0 Å². The highest BCUT2D eigenvalue weighted by molar-refractivity contribution is 7.13. The maximum Gasteiger partial charge on any atom is 0.350 e. The molecule has 0 fully saturated rings. The Morgan fingerprint density at radius 1 is 1.50 bits per heavy atom. The maximum atomic E-state index is 11.5. The van der Waals surface area contributed by atoms with Gasteiger partial charge in [-0.15, -0.1) is 11.3 Å². The molecule has 1 aromatic heterocycles. The van der Waals surface area contributed by atoms with Gasteiger partial charge in [0.25, 0.3) is 0 Å². The quantitative estimate of drug-likeness (QED) is 0.567. The predicted octanol–water partition coefficient (Wildman–Crippen LogP) is 2.21. The minimum absolute atomic E-state index is 0.268. The predicted molar refractivity (Wildman–Crippen MR) is 63.0 cm³/mol. The van der Waals surface area contributed by atoms with Crippen molar-refractivity contribution in [1.29, 1.82) is 0 Å². The van der Waals surface area contributed by atoms with E-state index in [-0.39, 0.29) is 5.97 Å². The summed E-state index contributed by atoms with van der Waals surface area (Å²) in [6.07, 6.45) is 1.77. The standard InChI is InChI=1S/C11H17NO3S/c1-4-15-11(13)10-8(2)12-9(16-10)6-5-7-14-3/h4-7H2,1-3H3. The molecule has 0 spiro atoms. The molecule has 4 nitrogen and oxygen atoms in total. The van der Waals surface area contributed by atoms with E-state index in [0.29, 0.717) is 18.1 Å². The number of rotatable bonds is 6. The summed E-state index contributed by atoms with van der Waals surface area (Å²) < 4.78 is 9.93. The number of methoxy groups -OCH3 is 1. The Bertz CT molecular complexity index is 349. The SMILES string of the molecule is CCOC(=O)c1sc(CCCOC)nc1C. The highest BCUT2D eigenvalue weighted by atomic mass is 32.1. The van der Waals surface area contributed by atoms with Gasteiger partial charge >= 0.3 is 5.97 Å². The summed E-state index contributed by atoms with van der Waals surface area (Å²) in [4.78, 5) is 16.5. The van der Waals surface area contributed by atoms with Gasteiger partial charge in [-0.05, 0) is 20.3 Å². The molecule has 0 aliphatic heterocycles. The van der Waals surface area contributed by atoms with E-state index in [1.54, 1.807) is 14.0 Å². The zero-order chi connectivity index (χ0) is 12.0. The van der Waals surface area contributed by atoms with Crippen molar-refractivity contribution in [3.8, 4) is 0 Å². The molecule has 0 radical (unpaired) electrons. The molecule has 0 bridgehead atoms. The van der Waals surface area contributed by atoms with Crippen molar-refractivity contribution in [3.63, 3.8) is 0 Å². The van der Waals surface area contributed by atoms with Crippen LogP contribution in [0.1, 0.15) is 33.7 Å². The lowest BCUT2D eigenvalue weighted by atomic mass is 10.3. The Morgan fingerprint density at radius 2 is 2.25 bits per heavy atom. The van der Waals surface area contributed by atoms with E-state index >= 15 is 0 Å². The number of nitrogens with zero attached hydrogens (tertiary/aromatic N) is 1. The van der Waals surface area contributed by atoms with Crippen LogP contribution in [0.5, 0.6) is 0 Å². The van der Waals surface area contributed by atoms with Gasteiger partial charge in [0.15, 0.2) is 0 Å². The lowest BCUT2D eigenvalue weighted by Gasteiger charge is -1.97. The van der Waals surface area contributed by atoms with E-state index < -0.39 is 0 Å². The third-order valence-corrected chi connectivity index (χ3v) is 3.24. The average Bonchev–Trinajstić information content (AvgIpc) is 2.61. The third-order valence-electron chi connectivity index (χ3n) is 2.04. The van der Waals surface area contributed by atoms with Crippen LogP contribution in [0.3, 0.4) is 0 Å². The van der Waals surface area contributed by atoms with Gasteiger partial charge in [0, 0.05) is 20.1 Å². The van der Waals surface area contributed by atoms with Crippen LogP contribution < -0.4 is 0 Å². The second kappa shape index (κ2) is 6.60. The van der Waals surface area contributed by atoms with Crippen molar-refractivity contribution in [2.45, 2.75) is 26.7 Å². The Balaban J connectivity index is 2.62. The largest absolute Gasteiger partial charge is 0.462 e. The zero-order valence-electron chi connectivity index (χ0n) is 9.91. The molecule has 0 aliphatic rings. The second-order valence-electron chi connectivity index (χ2n) is 3.34. The first-order valence-corrected chi connectivity index (χ1v) is 6.13. The molecule has 0 saturated heterocycles. The number of esters is 1. The first kappa shape index (κ1) is 13.1. The second-order valence-corrected chi connectivity index (χ2v) is 4.42. The molecule has 0 unspecified atom stereocenters. The van der Waals surface area contributed by atoms with Crippen LogP contribution in [0.2, 0.25) is 0 Å². The van der Waals surface area contributed by atoms with E-state index in [1.807, 2.05) is 6.92 Å².